The van der Waals surface area contributed by atoms with Crippen LogP contribution in [-0.2, 0) is 22.9 Å². The summed E-state index contributed by atoms with van der Waals surface area (Å²) in [6.07, 6.45) is 7.06. The summed E-state index contributed by atoms with van der Waals surface area (Å²) in [5, 5.41) is 0.853. The van der Waals surface area contributed by atoms with Crippen molar-refractivity contribution in [3.8, 4) is 0 Å². The van der Waals surface area contributed by atoms with Gasteiger partial charge in [0.05, 0.1) is 5.52 Å². The highest BCUT2D eigenvalue weighted by Crippen LogP contribution is 2.41. The number of para-hydroxylation sites is 1. The van der Waals surface area contributed by atoms with Crippen LogP contribution < -0.4 is 0 Å². The Bertz CT molecular complexity index is 1230. The molecule has 1 atom stereocenters. The Hall–Kier alpha value is -1.99. The molecule has 1 unspecified atom stereocenters. The highest BCUT2D eigenvalue weighted by molar-refractivity contribution is 7.89. The second-order valence-corrected chi connectivity index (χ2v) is 10.8. The number of halogens is 1. The lowest BCUT2D eigenvalue weighted by molar-refractivity contribution is 0.181. The normalized spacial score (nSPS) is 17.8. The molecule has 33 heavy (non-hydrogen) atoms. The Morgan fingerprint density at radius 1 is 1.03 bits per heavy atom. The Balaban J connectivity index is 0.00000259. The van der Waals surface area contributed by atoms with E-state index in [1.54, 1.807) is 28.2 Å². The maximum Gasteiger partial charge on any atom is 0.245 e. The molecule has 0 amide bonds. The Kier molecular flexibility index (Phi) is 7.39. The van der Waals surface area contributed by atoms with Gasteiger partial charge in [0.1, 0.15) is 4.90 Å². The van der Waals surface area contributed by atoms with Gasteiger partial charge >= 0.3 is 0 Å². The number of aryl methyl sites for hydroxylation is 1. The van der Waals surface area contributed by atoms with E-state index in [1.807, 2.05) is 25.1 Å². The van der Waals surface area contributed by atoms with Gasteiger partial charge < -0.3 is 0 Å². The molecule has 3 aromatic rings. The summed E-state index contributed by atoms with van der Waals surface area (Å²) in [6.45, 7) is 5.07. The maximum atomic E-state index is 13.4. The SMILES string of the molecule is CCN(CCCCN1CCc2cccc3c2C1CC3)S(=O)(=O)c1cccc2cccnc12.Cl. The van der Waals surface area contributed by atoms with E-state index in [2.05, 4.69) is 28.1 Å². The molecule has 7 heteroatoms. The standard InChI is InChI=1S/C26H31N3O2S.ClH/c1-2-29(32(30,31)24-12-6-10-22-11-7-16-27-26(22)24)18-4-3-17-28-19-15-21-9-5-8-20-13-14-23(28)25(20)21;/h5-12,16,23H,2-4,13-15,17-19H2,1H3;1H. The molecule has 0 N–H and O–H groups in total. The predicted octanol–water partition coefficient (Wildman–Crippen LogP) is 4.99. The number of pyridine rings is 1. The van der Waals surface area contributed by atoms with E-state index in [4.69, 9.17) is 0 Å². The lowest BCUT2D eigenvalue weighted by atomic mass is 9.93. The smallest absolute Gasteiger partial charge is 0.245 e. The van der Waals surface area contributed by atoms with Crippen LogP contribution >= 0.6 is 12.4 Å². The van der Waals surface area contributed by atoms with Crippen LogP contribution in [-0.4, -0.2) is 48.8 Å². The fourth-order valence-electron chi connectivity index (χ4n) is 5.49. The second-order valence-electron chi connectivity index (χ2n) is 8.87. The summed E-state index contributed by atoms with van der Waals surface area (Å²) in [7, 11) is -3.57. The van der Waals surface area contributed by atoms with Crippen molar-refractivity contribution in [2.45, 2.75) is 50.0 Å². The van der Waals surface area contributed by atoms with Crippen LogP contribution in [0.4, 0.5) is 0 Å². The van der Waals surface area contributed by atoms with Gasteiger partial charge in [-0.15, -0.1) is 12.4 Å². The third-order valence-corrected chi connectivity index (χ3v) is 9.09. The molecule has 2 heterocycles. The average Bonchev–Trinajstić information content (AvgIpc) is 3.26. The molecule has 2 aromatic carbocycles. The Morgan fingerprint density at radius 2 is 1.79 bits per heavy atom. The van der Waals surface area contributed by atoms with Gasteiger partial charge in [-0.3, -0.25) is 9.88 Å². The van der Waals surface area contributed by atoms with E-state index in [0.717, 1.165) is 37.7 Å². The number of unbranched alkanes of at least 4 members (excludes halogenated alkanes) is 1. The number of sulfonamides is 1. The number of hydrogen-bond donors (Lipinski definition) is 0. The quantitative estimate of drug-likeness (QED) is 0.421. The summed E-state index contributed by atoms with van der Waals surface area (Å²) in [5.41, 5.74) is 5.20. The number of nitrogens with zero attached hydrogens (tertiary/aromatic N) is 3. The zero-order valence-electron chi connectivity index (χ0n) is 19.1. The molecule has 5 nitrogen and oxygen atoms in total. The van der Waals surface area contributed by atoms with Gasteiger partial charge in [0.25, 0.3) is 0 Å². The zero-order valence-corrected chi connectivity index (χ0v) is 20.7. The average molecular weight is 486 g/mol. The minimum Gasteiger partial charge on any atom is -0.296 e. The molecular weight excluding hydrogens is 454 g/mol. The molecule has 1 aromatic heterocycles. The van der Waals surface area contributed by atoms with Crippen LogP contribution in [0.5, 0.6) is 0 Å². The summed E-state index contributed by atoms with van der Waals surface area (Å²) in [4.78, 5) is 7.28. The van der Waals surface area contributed by atoms with Gasteiger partial charge in [0.2, 0.25) is 10.0 Å². The molecule has 0 spiro atoms. The third-order valence-electron chi connectivity index (χ3n) is 7.09. The van der Waals surface area contributed by atoms with Crippen LogP contribution in [0, 0.1) is 0 Å². The van der Waals surface area contributed by atoms with Crippen LogP contribution in [0.1, 0.15) is 48.9 Å². The van der Waals surface area contributed by atoms with E-state index in [-0.39, 0.29) is 12.4 Å². The first-order valence-electron chi connectivity index (χ1n) is 11.8. The minimum absolute atomic E-state index is 0. The van der Waals surface area contributed by atoms with Crippen LogP contribution in [0.25, 0.3) is 10.9 Å². The van der Waals surface area contributed by atoms with Crippen molar-refractivity contribution in [3.05, 3.63) is 71.4 Å². The fraction of sp³-hybridized carbons (Fsp3) is 0.423. The van der Waals surface area contributed by atoms with Crippen molar-refractivity contribution in [2.75, 3.05) is 26.2 Å². The Morgan fingerprint density at radius 3 is 2.61 bits per heavy atom. The van der Waals surface area contributed by atoms with Gasteiger partial charge in [0, 0.05) is 37.3 Å². The van der Waals surface area contributed by atoms with Crippen LogP contribution in [0.15, 0.2) is 59.6 Å². The van der Waals surface area contributed by atoms with Gasteiger partial charge in [-0.05, 0) is 67.5 Å². The highest BCUT2D eigenvalue weighted by atomic mass is 35.5. The topological polar surface area (TPSA) is 53.5 Å². The predicted molar refractivity (Wildman–Crippen MR) is 135 cm³/mol. The first kappa shape index (κ1) is 24.1. The minimum atomic E-state index is -3.57. The molecule has 176 valence electrons. The van der Waals surface area contributed by atoms with Crippen molar-refractivity contribution in [3.63, 3.8) is 0 Å². The molecule has 2 aliphatic rings. The van der Waals surface area contributed by atoms with Crippen molar-refractivity contribution in [2.24, 2.45) is 0 Å². The summed E-state index contributed by atoms with van der Waals surface area (Å²) in [5.74, 6) is 0. The molecule has 0 fully saturated rings. The van der Waals surface area contributed by atoms with E-state index < -0.39 is 10.0 Å². The summed E-state index contributed by atoms with van der Waals surface area (Å²) >= 11 is 0. The lowest BCUT2D eigenvalue weighted by Gasteiger charge is -2.35. The zero-order chi connectivity index (χ0) is 22.1. The van der Waals surface area contributed by atoms with E-state index >= 15 is 0 Å². The number of fused-ring (bicyclic) bond motifs is 1. The van der Waals surface area contributed by atoms with Crippen molar-refractivity contribution < 1.29 is 8.42 Å². The van der Waals surface area contributed by atoms with Gasteiger partial charge in [-0.25, -0.2) is 8.42 Å². The molecule has 0 radical (unpaired) electrons. The highest BCUT2D eigenvalue weighted by Gasteiger charge is 2.33. The van der Waals surface area contributed by atoms with Gasteiger partial charge in [-0.1, -0.05) is 43.3 Å². The largest absolute Gasteiger partial charge is 0.296 e. The van der Waals surface area contributed by atoms with E-state index in [0.29, 0.717) is 29.5 Å². The number of benzene rings is 2. The first-order chi connectivity index (χ1) is 15.6. The number of rotatable bonds is 8. The van der Waals surface area contributed by atoms with E-state index in [1.165, 1.54) is 24.0 Å². The Labute approximate surface area is 203 Å². The molecular formula is C26H32ClN3O2S. The first-order valence-corrected chi connectivity index (χ1v) is 13.2. The van der Waals surface area contributed by atoms with E-state index in [9.17, 15) is 8.42 Å². The second kappa shape index (κ2) is 10.1. The summed E-state index contributed by atoms with van der Waals surface area (Å²) < 4.78 is 28.4. The lowest BCUT2D eigenvalue weighted by Crippen LogP contribution is -2.36. The molecule has 0 saturated heterocycles. The monoisotopic (exact) mass is 485 g/mol. The van der Waals surface area contributed by atoms with Crippen molar-refractivity contribution >= 4 is 33.3 Å². The third kappa shape index (κ3) is 4.54. The van der Waals surface area contributed by atoms with Crippen molar-refractivity contribution in [1.29, 1.82) is 0 Å². The van der Waals surface area contributed by atoms with Crippen LogP contribution in [0.2, 0.25) is 0 Å². The molecule has 0 saturated carbocycles. The number of aromatic nitrogens is 1. The fourth-order valence-corrected chi connectivity index (χ4v) is 7.15. The van der Waals surface area contributed by atoms with Crippen LogP contribution in [0.3, 0.4) is 0 Å². The number of hydrogen-bond acceptors (Lipinski definition) is 4. The molecule has 1 aliphatic carbocycles. The molecule has 5 rings (SSSR count). The molecule has 0 bridgehead atoms. The maximum absolute atomic E-state index is 13.4. The summed E-state index contributed by atoms with van der Waals surface area (Å²) in [6, 6.07) is 16.5. The molecule has 1 aliphatic heterocycles. The van der Waals surface area contributed by atoms with Gasteiger partial charge in [-0.2, -0.15) is 4.31 Å². The van der Waals surface area contributed by atoms with Crippen molar-refractivity contribution in [1.82, 2.24) is 14.2 Å². The van der Waals surface area contributed by atoms with Gasteiger partial charge in [0.15, 0.2) is 0 Å².